The molecule has 0 aliphatic carbocycles. The van der Waals surface area contributed by atoms with Crippen LogP contribution in [0, 0.1) is 12.7 Å². The van der Waals surface area contributed by atoms with Crippen molar-refractivity contribution in [1.82, 2.24) is 0 Å². The van der Waals surface area contributed by atoms with Crippen molar-refractivity contribution in [3.63, 3.8) is 0 Å². The topological polar surface area (TPSA) is 38.3 Å². The van der Waals surface area contributed by atoms with Gasteiger partial charge in [-0.2, -0.15) is 0 Å². The van der Waals surface area contributed by atoms with Crippen molar-refractivity contribution in [2.45, 2.75) is 6.92 Å². The number of hydrogen-bond donors (Lipinski definition) is 1. The molecule has 1 amide bonds. The Morgan fingerprint density at radius 2 is 2.05 bits per heavy atom. The predicted octanol–water partition coefficient (Wildman–Crippen LogP) is 3.81. The Balaban J connectivity index is 1.92. The van der Waals surface area contributed by atoms with E-state index < -0.39 is 11.7 Å². The number of anilines is 1. The minimum Gasteiger partial charge on any atom is -0.484 e. The van der Waals surface area contributed by atoms with Gasteiger partial charge in [0.15, 0.2) is 6.61 Å². The molecule has 3 nitrogen and oxygen atoms in total. The molecule has 0 heterocycles. The van der Waals surface area contributed by atoms with Gasteiger partial charge in [-0.3, -0.25) is 4.79 Å². The third-order valence-electron chi connectivity index (χ3n) is 2.65. The maximum atomic E-state index is 13.3. The van der Waals surface area contributed by atoms with E-state index in [1.54, 1.807) is 30.3 Å². The molecule has 2 rings (SSSR count). The molecule has 0 aliphatic heterocycles. The van der Waals surface area contributed by atoms with Crippen LogP contribution in [0.2, 0.25) is 5.02 Å². The summed E-state index contributed by atoms with van der Waals surface area (Å²) in [4.78, 5) is 11.7. The van der Waals surface area contributed by atoms with Crippen LogP contribution in [0.15, 0.2) is 42.5 Å². The van der Waals surface area contributed by atoms with Gasteiger partial charge in [0.25, 0.3) is 5.91 Å². The maximum Gasteiger partial charge on any atom is 0.262 e. The number of hydrogen-bond acceptors (Lipinski definition) is 2. The number of amides is 1. The summed E-state index contributed by atoms with van der Waals surface area (Å²) in [6.45, 7) is 1.64. The zero-order chi connectivity index (χ0) is 14.5. The van der Waals surface area contributed by atoms with Crippen LogP contribution >= 0.6 is 11.6 Å². The molecule has 0 saturated heterocycles. The Kier molecular flexibility index (Phi) is 4.58. The van der Waals surface area contributed by atoms with E-state index in [9.17, 15) is 9.18 Å². The standard InChI is InChI=1S/C15H13ClFNO2/c1-10-8-11(6-7-12(10)16)20-9-15(19)18-14-5-3-2-4-13(14)17/h2-8H,9H2,1H3,(H,18,19). The van der Waals surface area contributed by atoms with Gasteiger partial charge in [-0.25, -0.2) is 4.39 Å². The summed E-state index contributed by atoms with van der Waals surface area (Å²) in [5, 5.41) is 3.07. The van der Waals surface area contributed by atoms with Gasteiger partial charge in [-0.15, -0.1) is 0 Å². The lowest BCUT2D eigenvalue weighted by atomic mass is 10.2. The summed E-state index contributed by atoms with van der Waals surface area (Å²) in [6, 6.07) is 11.1. The summed E-state index contributed by atoms with van der Waals surface area (Å²) in [5.41, 5.74) is 0.993. The quantitative estimate of drug-likeness (QED) is 0.931. The van der Waals surface area contributed by atoms with Gasteiger partial charge < -0.3 is 10.1 Å². The fourth-order valence-corrected chi connectivity index (χ4v) is 1.72. The number of para-hydroxylation sites is 1. The molecule has 0 spiro atoms. The minimum atomic E-state index is -0.483. The summed E-state index contributed by atoms with van der Waals surface area (Å²) in [5.74, 6) is -0.374. The lowest BCUT2D eigenvalue weighted by Gasteiger charge is -2.09. The van der Waals surface area contributed by atoms with Gasteiger partial charge >= 0.3 is 0 Å². The smallest absolute Gasteiger partial charge is 0.262 e. The highest BCUT2D eigenvalue weighted by molar-refractivity contribution is 6.31. The first-order chi connectivity index (χ1) is 9.56. The molecule has 0 aromatic heterocycles. The Bertz CT molecular complexity index is 631. The van der Waals surface area contributed by atoms with E-state index in [4.69, 9.17) is 16.3 Å². The van der Waals surface area contributed by atoms with E-state index >= 15 is 0 Å². The van der Waals surface area contributed by atoms with Crippen LogP contribution in [0.3, 0.4) is 0 Å². The monoisotopic (exact) mass is 293 g/mol. The van der Waals surface area contributed by atoms with Crippen LogP contribution in [-0.2, 0) is 4.79 Å². The molecule has 0 radical (unpaired) electrons. The molecule has 20 heavy (non-hydrogen) atoms. The highest BCUT2D eigenvalue weighted by Crippen LogP contribution is 2.21. The normalized spacial score (nSPS) is 10.2. The van der Waals surface area contributed by atoms with Gasteiger partial charge in [-0.1, -0.05) is 23.7 Å². The van der Waals surface area contributed by atoms with E-state index in [0.29, 0.717) is 10.8 Å². The Labute approximate surface area is 121 Å². The lowest BCUT2D eigenvalue weighted by Crippen LogP contribution is -2.20. The van der Waals surface area contributed by atoms with Gasteiger partial charge in [0.2, 0.25) is 0 Å². The number of rotatable bonds is 4. The third-order valence-corrected chi connectivity index (χ3v) is 3.07. The average molecular weight is 294 g/mol. The van der Waals surface area contributed by atoms with Crippen molar-refractivity contribution >= 4 is 23.2 Å². The highest BCUT2D eigenvalue weighted by Gasteiger charge is 2.07. The SMILES string of the molecule is Cc1cc(OCC(=O)Nc2ccccc2F)ccc1Cl. The Morgan fingerprint density at radius 3 is 2.75 bits per heavy atom. The molecule has 0 aliphatic rings. The molecular formula is C15H13ClFNO2. The molecule has 0 bridgehead atoms. The fourth-order valence-electron chi connectivity index (χ4n) is 1.60. The summed E-state index contributed by atoms with van der Waals surface area (Å²) in [7, 11) is 0. The summed E-state index contributed by atoms with van der Waals surface area (Å²) < 4.78 is 18.7. The molecule has 2 aromatic carbocycles. The second-order valence-corrected chi connectivity index (χ2v) is 4.63. The average Bonchev–Trinajstić information content (AvgIpc) is 2.43. The van der Waals surface area contributed by atoms with E-state index in [0.717, 1.165) is 5.56 Å². The van der Waals surface area contributed by atoms with Gasteiger partial charge in [-0.05, 0) is 42.8 Å². The van der Waals surface area contributed by atoms with E-state index in [1.807, 2.05) is 6.92 Å². The lowest BCUT2D eigenvalue weighted by molar-refractivity contribution is -0.118. The molecule has 0 unspecified atom stereocenters. The van der Waals surface area contributed by atoms with Crippen molar-refractivity contribution in [2.75, 3.05) is 11.9 Å². The molecule has 104 valence electrons. The maximum absolute atomic E-state index is 13.3. The molecule has 0 fully saturated rings. The van der Waals surface area contributed by atoms with E-state index in [1.165, 1.54) is 12.1 Å². The van der Waals surface area contributed by atoms with E-state index in [-0.39, 0.29) is 12.3 Å². The first kappa shape index (κ1) is 14.3. The molecule has 0 atom stereocenters. The predicted molar refractivity (Wildman–Crippen MR) is 76.7 cm³/mol. The van der Waals surface area contributed by atoms with Crippen molar-refractivity contribution in [2.24, 2.45) is 0 Å². The molecule has 1 N–H and O–H groups in total. The van der Waals surface area contributed by atoms with Crippen LogP contribution in [-0.4, -0.2) is 12.5 Å². The van der Waals surface area contributed by atoms with Gasteiger partial charge in [0.1, 0.15) is 11.6 Å². The highest BCUT2D eigenvalue weighted by atomic mass is 35.5. The number of aryl methyl sites for hydroxylation is 1. The number of halogens is 2. The van der Waals surface area contributed by atoms with Crippen molar-refractivity contribution in [3.05, 3.63) is 58.9 Å². The molecular weight excluding hydrogens is 281 g/mol. The molecule has 2 aromatic rings. The number of nitrogens with one attached hydrogen (secondary N) is 1. The number of carbonyl (C=O) groups excluding carboxylic acids is 1. The first-order valence-electron chi connectivity index (χ1n) is 5.99. The Hall–Kier alpha value is -2.07. The van der Waals surface area contributed by atoms with Crippen LogP contribution in [0.4, 0.5) is 10.1 Å². The Morgan fingerprint density at radius 1 is 1.30 bits per heavy atom. The second-order valence-electron chi connectivity index (χ2n) is 4.23. The third kappa shape index (κ3) is 3.71. The van der Waals surface area contributed by atoms with Crippen LogP contribution < -0.4 is 10.1 Å². The van der Waals surface area contributed by atoms with Crippen molar-refractivity contribution in [1.29, 1.82) is 0 Å². The summed E-state index contributed by atoms with van der Waals surface area (Å²) >= 11 is 5.89. The van der Waals surface area contributed by atoms with Crippen LogP contribution in [0.1, 0.15) is 5.56 Å². The number of carbonyl (C=O) groups is 1. The zero-order valence-electron chi connectivity index (χ0n) is 10.8. The fraction of sp³-hybridized carbons (Fsp3) is 0.133. The van der Waals surface area contributed by atoms with E-state index in [2.05, 4.69) is 5.32 Å². The number of benzene rings is 2. The molecule has 5 heteroatoms. The first-order valence-corrected chi connectivity index (χ1v) is 6.37. The van der Waals surface area contributed by atoms with Gasteiger partial charge in [0.05, 0.1) is 5.69 Å². The largest absolute Gasteiger partial charge is 0.484 e. The number of ether oxygens (including phenoxy) is 1. The van der Waals surface area contributed by atoms with Crippen molar-refractivity contribution < 1.29 is 13.9 Å². The van der Waals surface area contributed by atoms with Crippen LogP contribution in [0.5, 0.6) is 5.75 Å². The van der Waals surface area contributed by atoms with Gasteiger partial charge in [0, 0.05) is 5.02 Å². The second kappa shape index (κ2) is 6.39. The minimum absolute atomic E-state index is 0.133. The zero-order valence-corrected chi connectivity index (χ0v) is 11.6. The van der Waals surface area contributed by atoms with Crippen molar-refractivity contribution in [3.8, 4) is 5.75 Å². The van der Waals surface area contributed by atoms with Crippen LogP contribution in [0.25, 0.3) is 0 Å². The molecule has 0 saturated carbocycles. The summed E-state index contributed by atoms with van der Waals surface area (Å²) in [6.07, 6.45) is 0.